The molecule has 0 fully saturated rings. The number of benzene rings is 1. The summed E-state index contributed by atoms with van der Waals surface area (Å²) in [5.74, 6) is -0.199. The number of hydrogen-bond acceptors (Lipinski definition) is 5. The Morgan fingerprint density at radius 3 is 3.05 bits per heavy atom. The number of thiazole rings is 1. The SMILES string of the molecule is CNc1ncc(C(=O)NC[C@@]2(O)CCCc3ccccc32)s1. The largest absolute Gasteiger partial charge is 0.383 e. The van der Waals surface area contributed by atoms with Crippen molar-refractivity contribution in [3.63, 3.8) is 0 Å². The number of amides is 1. The van der Waals surface area contributed by atoms with Crippen LogP contribution in [0.5, 0.6) is 0 Å². The van der Waals surface area contributed by atoms with Gasteiger partial charge in [-0.3, -0.25) is 4.79 Å². The quantitative estimate of drug-likeness (QED) is 0.808. The maximum Gasteiger partial charge on any atom is 0.263 e. The van der Waals surface area contributed by atoms with Crippen molar-refractivity contribution >= 4 is 22.4 Å². The molecule has 6 heteroatoms. The molecule has 1 aromatic carbocycles. The first-order chi connectivity index (χ1) is 10.6. The van der Waals surface area contributed by atoms with Crippen molar-refractivity contribution in [3.05, 3.63) is 46.5 Å². The average Bonchev–Trinajstić information content (AvgIpc) is 3.02. The number of nitrogens with zero attached hydrogens (tertiary/aromatic N) is 1. The minimum Gasteiger partial charge on any atom is -0.383 e. The molecule has 22 heavy (non-hydrogen) atoms. The van der Waals surface area contributed by atoms with Gasteiger partial charge >= 0.3 is 0 Å². The van der Waals surface area contributed by atoms with Crippen molar-refractivity contribution in [3.8, 4) is 0 Å². The minimum absolute atomic E-state index is 0.199. The number of hydrogen-bond donors (Lipinski definition) is 3. The van der Waals surface area contributed by atoms with Gasteiger partial charge in [-0.25, -0.2) is 4.98 Å². The summed E-state index contributed by atoms with van der Waals surface area (Å²) in [4.78, 5) is 16.8. The number of nitrogens with one attached hydrogen (secondary N) is 2. The first-order valence-corrected chi connectivity index (χ1v) is 8.16. The van der Waals surface area contributed by atoms with Gasteiger partial charge in [0.2, 0.25) is 0 Å². The number of carbonyl (C=O) groups excluding carboxylic acids is 1. The van der Waals surface area contributed by atoms with Crippen LogP contribution in [0.2, 0.25) is 0 Å². The zero-order valence-electron chi connectivity index (χ0n) is 12.4. The Bertz CT molecular complexity index is 686. The second-order valence-corrected chi connectivity index (χ2v) is 6.54. The van der Waals surface area contributed by atoms with Crippen molar-refractivity contribution in [1.82, 2.24) is 10.3 Å². The number of aromatic nitrogens is 1. The van der Waals surface area contributed by atoms with Gasteiger partial charge in [0.25, 0.3) is 5.91 Å². The molecule has 1 aromatic heterocycles. The zero-order chi connectivity index (χ0) is 15.6. The fourth-order valence-corrected chi connectivity index (χ4v) is 3.58. The molecule has 1 atom stereocenters. The third kappa shape index (κ3) is 2.84. The lowest BCUT2D eigenvalue weighted by molar-refractivity contribution is 0.0190. The molecule has 0 aliphatic heterocycles. The van der Waals surface area contributed by atoms with Crippen LogP contribution in [-0.2, 0) is 12.0 Å². The monoisotopic (exact) mass is 317 g/mol. The van der Waals surface area contributed by atoms with Crippen LogP contribution in [0.15, 0.2) is 30.5 Å². The van der Waals surface area contributed by atoms with Crippen molar-refractivity contribution in [1.29, 1.82) is 0 Å². The van der Waals surface area contributed by atoms with Gasteiger partial charge in [0.05, 0.1) is 12.7 Å². The minimum atomic E-state index is -0.985. The Morgan fingerprint density at radius 2 is 2.27 bits per heavy atom. The lowest BCUT2D eigenvalue weighted by atomic mass is 9.79. The predicted molar refractivity (Wildman–Crippen MR) is 87.3 cm³/mol. The van der Waals surface area contributed by atoms with Crippen LogP contribution in [0.3, 0.4) is 0 Å². The Balaban J connectivity index is 1.72. The van der Waals surface area contributed by atoms with Gasteiger partial charge in [-0.15, -0.1) is 0 Å². The third-order valence-corrected chi connectivity index (χ3v) is 5.05. The van der Waals surface area contributed by atoms with E-state index in [1.54, 1.807) is 13.2 Å². The predicted octanol–water partition coefficient (Wildman–Crippen LogP) is 2.14. The van der Waals surface area contributed by atoms with Gasteiger partial charge < -0.3 is 15.7 Å². The van der Waals surface area contributed by atoms with E-state index in [2.05, 4.69) is 15.6 Å². The molecular weight excluding hydrogens is 298 g/mol. The van der Waals surface area contributed by atoms with Crippen LogP contribution >= 0.6 is 11.3 Å². The van der Waals surface area contributed by atoms with E-state index in [1.165, 1.54) is 16.9 Å². The number of anilines is 1. The smallest absolute Gasteiger partial charge is 0.263 e. The summed E-state index contributed by atoms with van der Waals surface area (Å²) in [6, 6.07) is 7.91. The molecule has 1 heterocycles. The van der Waals surface area contributed by atoms with E-state index in [0.29, 0.717) is 16.4 Å². The molecule has 1 aliphatic carbocycles. The summed E-state index contributed by atoms with van der Waals surface area (Å²) in [7, 11) is 1.77. The fourth-order valence-electron chi connectivity index (χ4n) is 2.89. The van der Waals surface area contributed by atoms with Gasteiger partial charge in [0.15, 0.2) is 5.13 Å². The first kappa shape index (κ1) is 15.0. The van der Waals surface area contributed by atoms with Crippen LogP contribution in [0.1, 0.15) is 33.6 Å². The highest BCUT2D eigenvalue weighted by atomic mass is 32.1. The lowest BCUT2D eigenvalue weighted by Crippen LogP contribution is -2.42. The average molecular weight is 317 g/mol. The molecule has 0 radical (unpaired) electrons. The van der Waals surface area contributed by atoms with Crippen LogP contribution in [0.4, 0.5) is 5.13 Å². The summed E-state index contributed by atoms with van der Waals surface area (Å²) in [6.45, 7) is 0.218. The highest BCUT2D eigenvalue weighted by Gasteiger charge is 2.34. The highest BCUT2D eigenvalue weighted by Crippen LogP contribution is 2.34. The molecule has 0 unspecified atom stereocenters. The van der Waals surface area contributed by atoms with Crippen LogP contribution in [0, 0.1) is 0 Å². The van der Waals surface area contributed by atoms with Crippen molar-refractivity contribution in [2.24, 2.45) is 0 Å². The van der Waals surface area contributed by atoms with Crippen LogP contribution < -0.4 is 10.6 Å². The number of rotatable bonds is 4. The van der Waals surface area contributed by atoms with E-state index in [1.807, 2.05) is 24.3 Å². The van der Waals surface area contributed by atoms with Crippen LogP contribution in [-0.4, -0.2) is 29.6 Å². The Kier molecular flexibility index (Phi) is 4.13. The summed E-state index contributed by atoms with van der Waals surface area (Å²) in [5.41, 5.74) is 1.11. The van der Waals surface area contributed by atoms with Gasteiger partial charge in [-0.2, -0.15) is 0 Å². The van der Waals surface area contributed by atoms with Crippen molar-refractivity contribution in [2.75, 3.05) is 18.9 Å². The maximum atomic E-state index is 12.2. The number of fused-ring (bicyclic) bond motifs is 1. The molecule has 2 aromatic rings. The molecule has 1 amide bonds. The first-order valence-electron chi connectivity index (χ1n) is 7.35. The van der Waals surface area contributed by atoms with Gasteiger partial charge in [-0.1, -0.05) is 35.6 Å². The van der Waals surface area contributed by atoms with Gasteiger partial charge in [-0.05, 0) is 30.4 Å². The second-order valence-electron chi connectivity index (χ2n) is 5.50. The summed E-state index contributed by atoms with van der Waals surface area (Å²) < 4.78 is 0. The van der Waals surface area contributed by atoms with E-state index in [9.17, 15) is 9.90 Å². The lowest BCUT2D eigenvalue weighted by Gasteiger charge is -2.34. The summed E-state index contributed by atoms with van der Waals surface area (Å²) >= 11 is 1.30. The number of carbonyl (C=O) groups is 1. The molecule has 5 nitrogen and oxygen atoms in total. The van der Waals surface area contributed by atoms with E-state index in [0.717, 1.165) is 18.4 Å². The Morgan fingerprint density at radius 1 is 1.45 bits per heavy atom. The molecule has 116 valence electrons. The fraction of sp³-hybridized carbons (Fsp3) is 0.375. The molecule has 3 rings (SSSR count). The zero-order valence-corrected chi connectivity index (χ0v) is 13.2. The van der Waals surface area contributed by atoms with Crippen LogP contribution in [0.25, 0.3) is 0 Å². The molecular formula is C16H19N3O2S. The van der Waals surface area contributed by atoms with E-state index in [4.69, 9.17) is 0 Å². The normalized spacial score (nSPS) is 20.3. The molecule has 3 N–H and O–H groups in total. The summed E-state index contributed by atoms with van der Waals surface area (Å²) in [5, 5.41) is 17.4. The maximum absolute atomic E-state index is 12.2. The van der Waals surface area contributed by atoms with Gasteiger partial charge in [0, 0.05) is 7.05 Å². The third-order valence-electron chi connectivity index (χ3n) is 4.04. The summed E-state index contributed by atoms with van der Waals surface area (Å²) in [6.07, 6.45) is 4.11. The molecule has 1 aliphatic rings. The van der Waals surface area contributed by atoms with Crippen molar-refractivity contribution < 1.29 is 9.90 Å². The molecule has 0 bridgehead atoms. The van der Waals surface area contributed by atoms with Gasteiger partial charge in [0.1, 0.15) is 10.5 Å². The van der Waals surface area contributed by atoms with E-state index in [-0.39, 0.29) is 12.5 Å². The number of aryl methyl sites for hydroxylation is 1. The van der Waals surface area contributed by atoms with Crippen molar-refractivity contribution in [2.45, 2.75) is 24.9 Å². The molecule has 0 saturated heterocycles. The Labute approximate surface area is 133 Å². The second kappa shape index (κ2) is 6.06. The molecule has 0 spiro atoms. The Hall–Kier alpha value is -1.92. The standard InChI is InChI=1S/C16H19N3O2S/c1-17-15-18-9-13(22-15)14(20)19-10-16(21)8-4-6-11-5-2-3-7-12(11)16/h2-3,5,7,9,21H,4,6,8,10H2,1H3,(H,17,18)(H,19,20)/t16-/m0/s1. The van der Waals surface area contributed by atoms with E-state index < -0.39 is 5.60 Å². The van der Waals surface area contributed by atoms with E-state index >= 15 is 0 Å². The number of aliphatic hydroxyl groups is 1. The highest BCUT2D eigenvalue weighted by molar-refractivity contribution is 7.17. The molecule has 0 saturated carbocycles. The topological polar surface area (TPSA) is 74.2 Å².